The lowest BCUT2D eigenvalue weighted by molar-refractivity contribution is -0.135. The molecule has 0 bridgehead atoms. The predicted octanol–water partition coefficient (Wildman–Crippen LogP) is 1.63. The molecule has 0 unspecified atom stereocenters. The molecule has 0 fully saturated rings. The molecule has 3 rings (SSSR count). The van der Waals surface area contributed by atoms with Crippen LogP contribution in [0.1, 0.15) is 11.3 Å². The topological polar surface area (TPSA) is 91.7 Å². The first-order valence-electron chi connectivity index (χ1n) is 7.25. The summed E-state index contributed by atoms with van der Waals surface area (Å²) in [4.78, 5) is 22.9. The Bertz CT molecular complexity index is 1070. The van der Waals surface area contributed by atoms with Crippen LogP contribution in [0.15, 0.2) is 34.1 Å². The van der Waals surface area contributed by atoms with Crippen molar-refractivity contribution in [1.82, 2.24) is 4.57 Å². The van der Waals surface area contributed by atoms with Gasteiger partial charge in [0.05, 0.1) is 19.9 Å². The van der Waals surface area contributed by atoms with Crippen molar-refractivity contribution in [3.05, 3.63) is 45.3 Å². The molecule has 1 aromatic heterocycles. The van der Waals surface area contributed by atoms with E-state index in [4.69, 9.17) is 0 Å². The molecule has 2 aromatic rings. The average Bonchev–Trinajstić information content (AvgIpc) is 2.79. The summed E-state index contributed by atoms with van der Waals surface area (Å²) < 4.78 is 36.6. The molecule has 25 heavy (non-hydrogen) atoms. The molecule has 1 aromatic carbocycles. The maximum absolute atomic E-state index is 12.8. The van der Waals surface area contributed by atoms with Crippen LogP contribution >= 0.6 is 0 Å². The molecule has 0 amide bonds. The third-order valence-electron chi connectivity index (χ3n) is 4.09. The Morgan fingerprint density at radius 1 is 0.960 bits per heavy atom. The van der Waals surface area contributed by atoms with Crippen LogP contribution in [0.3, 0.4) is 0 Å². The average molecular weight is 361 g/mol. The summed E-state index contributed by atoms with van der Waals surface area (Å²) in [6.45, 7) is 0. The fraction of sp³-hybridized carbons (Fsp3) is 0.176. The van der Waals surface area contributed by atoms with Crippen LogP contribution in [-0.2, 0) is 35.9 Å². The zero-order chi connectivity index (χ0) is 18.4. The van der Waals surface area contributed by atoms with E-state index in [0.717, 1.165) is 25.1 Å². The van der Waals surface area contributed by atoms with Crippen molar-refractivity contribution in [3.63, 3.8) is 0 Å². The standard InChI is InChI=1S/C17H15NO6S/c1-18-12-7-5-4-6-10(12)11-8-14(16(19)23-2)25(21,22)15(9-13(11)18)17(20)24-3/h4-9H,1-3H3. The van der Waals surface area contributed by atoms with Gasteiger partial charge in [0, 0.05) is 23.5 Å². The van der Waals surface area contributed by atoms with Gasteiger partial charge in [-0.15, -0.1) is 0 Å². The highest BCUT2D eigenvalue weighted by Gasteiger charge is 2.37. The number of hydrogen-bond donors (Lipinski definition) is 0. The summed E-state index contributed by atoms with van der Waals surface area (Å²) >= 11 is 0. The van der Waals surface area contributed by atoms with E-state index in [0.29, 0.717) is 11.3 Å². The first-order chi connectivity index (χ1) is 11.8. The van der Waals surface area contributed by atoms with E-state index in [1.54, 1.807) is 17.7 Å². The number of ether oxygens (including phenoxy) is 2. The fourth-order valence-electron chi connectivity index (χ4n) is 2.84. The second kappa shape index (κ2) is 5.89. The Hall–Kier alpha value is -2.87. The number of carbonyl (C=O) groups is 2. The van der Waals surface area contributed by atoms with Crippen LogP contribution < -0.4 is 0 Å². The van der Waals surface area contributed by atoms with E-state index in [1.807, 2.05) is 18.2 Å². The number of sulfone groups is 1. The van der Waals surface area contributed by atoms with Crippen molar-refractivity contribution in [3.8, 4) is 0 Å². The summed E-state index contributed by atoms with van der Waals surface area (Å²) in [5.41, 5.74) is 1.82. The normalized spacial score (nSPS) is 15.6. The first kappa shape index (κ1) is 17.0. The zero-order valence-corrected chi connectivity index (χ0v) is 14.6. The Balaban J connectivity index is 2.48. The third-order valence-corrected chi connectivity index (χ3v) is 5.82. The number of aromatic nitrogens is 1. The summed E-state index contributed by atoms with van der Waals surface area (Å²) in [7, 11) is -0.485. The minimum atomic E-state index is -4.39. The maximum Gasteiger partial charge on any atom is 0.349 e. The van der Waals surface area contributed by atoms with Gasteiger partial charge in [-0.25, -0.2) is 18.0 Å². The number of para-hydroxylation sites is 1. The summed E-state index contributed by atoms with van der Waals surface area (Å²) in [5, 5.41) is 0.749. The molecule has 0 aliphatic carbocycles. The van der Waals surface area contributed by atoms with Crippen molar-refractivity contribution in [2.24, 2.45) is 7.05 Å². The molecule has 1 aliphatic rings. The molecule has 7 nitrogen and oxygen atoms in total. The van der Waals surface area contributed by atoms with Crippen LogP contribution in [0, 0.1) is 0 Å². The van der Waals surface area contributed by atoms with Crippen LogP contribution in [-0.4, -0.2) is 39.1 Å². The summed E-state index contributed by atoms with van der Waals surface area (Å²) in [6, 6.07) is 7.31. The zero-order valence-electron chi connectivity index (χ0n) is 13.8. The van der Waals surface area contributed by atoms with Crippen LogP contribution in [0.5, 0.6) is 0 Å². The van der Waals surface area contributed by atoms with Gasteiger partial charge in [0.1, 0.15) is 0 Å². The fourth-order valence-corrected chi connectivity index (χ4v) is 4.22. The van der Waals surface area contributed by atoms with Crippen LogP contribution in [0.25, 0.3) is 23.1 Å². The molecule has 0 saturated heterocycles. The molecule has 1 aliphatic heterocycles. The number of fused-ring (bicyclic) bond motifs is 3. The first-order valence-corrected chi connectivity index (χ1v) is 8.73. The van der Waals surface area contributed by atoms with Crippen molar-refractivity contribution in [2.75, 3.05) is 14.2 Å². The van der Waals surface area contributed by atoms with E-state index < -0.39 is 31.6 Å². The van der Waals surface area contributed by atoms with Gasteiger partial charge in [-0.05, 0) is 18.2 Å². The van der Waals surface area contributed by atoms with Gasteiger partial charge in [0.25, 0.3) is 0 Å². The van der Waals surface area contributed by atoms with Crippen molar-refractivity contribution in [2.45, 2.75) is 0 Å². The molecule has 2 heterocycles. The van der Waals surface area contributed by atoms with Gasteiger partial charge in [0.2, 0.25) is 9.84 Å². The number of esters is 2. The molecular weight excluding hydrogens is 346 g/mol. The van der Waals surface area contributed by atoms with Gasteiger partial charge < -0.3 is 14.0 Å². The van der Waals surface area contributed by atoms with Crippen LogP contribution in [0.2, 0.25) is 0 Å². The van der Waals surface area contributed by atoms with Crippen molar-refractivity contribution >= 4 is 44.8 Å². The van der Waals surface area contributed by atoms with Gasteiger partial charge in [-0.1, -0.05) is 18.2 Å². The molecule has 0 saturated carbocycles. The lowest BCUT2D eigenvalue weighted by Crippen LogP contribution is -2.21. The Labute approximate surface area is 144 Å². The number of rotatable bonds is 2. The monoisotopic (exact) mass is 361 g/mol. The lowest BCUT2D eigenvalue weighted by atomic mass is 10.1. The van der Waals surface area contributed by atoms with E-state index in [9.17, 15) is 18.0 Å². The third kappa shape index (κ3) is 2.45. The number of benzene rings is 1. The smallest absolute Gasteiger partial charge is 0.349 e. The molecule has 0 N–H and O–H groups in total. The number of nitrogens with zero attached hydrogens (tertiary/aromatic N) is 1. The molecule has 0 atom stereocenters. The highest BCUT2D eigenvalue weighted by atomic mass is 32.2. The van der Waals surface area contributed by atoms with Gasteiger partial charge >= 0.3 is 11.9 Å². The maximum atomic E-state index is 12.8. The number of carbonyl (C=O) groups excluding carboxylic acids is 2. The Morgan fingerprint density at radius 3 is 2.12 bits per heavy atom. The highest BCUT2D eigenvalue weighted by molar-refractivity contribution is 8.01. The Kier molecular flexibility index (Phi) is 4.00. The predicted molar refractivity (Wildman–Crippen MR) is 91.8 cm³/mol. The largest absolute Gasteiger partial charge is 0.465 e. The van der Waals surface area contributed by atoms with Gasteiger partial charge in [-0.2, -0.15) is 0 Å². The van der Waals surface area contributed by atoms with Gasteiger partial charge in [-0.3, -0.25) is 0 Å². The van der Waals surface area contributed by atoms with Crippen molar-refractivity contribution < 1.29 is 27.5 Å². The summed E-state index contributed by atoms with van der Waals surface area (Å²) in [5.74, 6) is -2.09. The lowest BCUT2D eigenvalue weighted by Gasteiger charge is -2.08. The summed E-state index contributed by atoms with van der Waals surface area (Å²) in [6.07, 6.45) is 2.47. The second-order valence-electron chi connectivity index (χ2n) is 5.38. The van der Waals surface area contributed by atoms with Crippen molar-refractivity contribution in [1.29, 1.82) is 0 Å². The van der Waals surface area contributed by atoms with Crippen LogP contribution in [0.4, 0.5) is 0 Å². The quantitative estimate of drug-likeness (QED) is 0.755. The molecule has 0 radical (unpaired) electrons. The van der Waals surface area contributed by atoms with E-state index in [1.165, 1.54) is 12.2 Å². The number of aryl methyl sites for hydroxylation is 1. The minimum absolute atomic E-state index is 0.476. The molecule has 0 spiro atoms. The van der Waals surface area contributed by atoms with E-state index in [2.05, 4.69) is 9.47 Å². The Morgan fingerprint density at radius 2 is 1.52 bits per heavy atom. The number of hydrogen-bond acceptors (Lipinski definition) is 6. The SMILES string of the molecule is COC(=O)C1=Cc2c(n(C)c3ccccc23)C=C(C(=O)OC)S1(=O)=O. The molecule has 8 heteroatoms. The molecule has 130 valence electrons. The number of methoxy groups -OCH3 is 2. The van der Waals surface area contributed by atoms with Gasteiger partial charge in [0.15, 0.2) is 9.81 Å². The highest BCUT2D eigenvalue weighted by Crippen LogP contribution is 2.35. The molecular formula is C17H15NO6S. The minimum Gasteiger partial charge on any atom is -0.465 e. The van der Waals surface area contributed by atoms with E-state index >= 15 is 0 Å². The van der Waals surface area contributed by atoms with E-state index in [-0.39, 0.29) is 0 Å². The second-order valence-corrected chi connectivity index (χ2v) is 7.27.